The van der Waals surface area contributed by atoms with Crippen molar-refractivity contribution >= 4 is 10.0 Å². The van der Waals surface area contributed by atoms with Gasteiger partial charge in [-0.2, -0.15) is 0 Å². The molecule has 0 aliphatic heterocycles. The van der Waals surface area contributed by atoms with E-state index in [0.29, 0.717) is 11.4 Å². The summed E-state index contributed by atoms with van der Waals surface area (Å²) in [6.07, 6.45) is 0. The topological polar surface area (TPSA) is 49.4 Å². The van der Waals surface area contributed by atoms with Gasteiger partial charge in [0.2, 0.25) is 10.0 Å². The molecule has 0 amide bonds. The Morgan fingerprint density at radius 2 is 1.75 bits per heavy atom. The van der Waals surface area contributed by atoms with Gasteiger partial charge in [0.25, 0.3) is 0 Å². The van der Waals surface area contributed by atoms with Crippen molar-refractivity contribution in [3.63, 3.8) is 0 Å². The Morgan fingerprint density at radius 3 is 2.19 bits per heavy atom. The number of hydrogen-bond donors (Lipinski definition) is 1. The highest BCUT2D eigenvalue weighted by Gasteiger charge is 2.11. The van der Waals surface area contributed by atoms with E-state index >= 15 is 0 Å². The van der Waals surface area contributed by atoms with Crippen molar-refractivity contribution in [2.24, 2.45) is 0 Å². The molecule has 0 unspecified atom stereocenters. The van der Waals surface area contributed by atoms with E-state index < -0.39 is 10.0 Å². The summed E-state index contributed by atoms with van der Waals surface area (Å²) in [7, 11) is 0.632. The van der Waals surface area contributed by atoms with Crippen molar-refractivity contribution < 1.29 is 8.42 Å². The normalized spacial score (nSPS) is 12.0. The predicted molar refractivity (Wildman–Crippen MR) is 64.7 cm³/mol. The van der Waals surface area contributed by atoms with Gasteiger partial charge in [-0.1, -0.05) is 19.1 Å². The molecular weight excluding hydrogens is 224 g/mol. The zero-order chi connectivity index (χ0) is 12.2. The van der Waals surface area contributed by atoms with Crippen LogP contribution in [-0.4, -0.2) is 34.0 Å². The van der Waals surface area contributed by atoms with Crippen LogP contribution in [0.1, 0.15) is 12.5 Å². The van der Waals surface area contributed by atoms with Gasteiger partial charge >= 0.3 is 0 Å². The molecule has 1 aromatic carbocycles. The summed E-state index contributed by atoms with van der Waals surface area (Å²) in [5.74, 6) is 0. The predicted octanol–water partition coefficient (Wildman–Crippen LogP) is 1.05. The van der Waals surface area contributed by atoms with Gasteiger partial charge in [0.15, 0.2) is 0 Å². The molecule has 0 heterocycles. The van der Waals surface area contributed by atoms with E-state index in [9.17, 15) is 8.42 Å². The zero-order valence-corrected chi connectivity index (χ0v) is 10.7. The van der Waals surface area contributed by atoms with Crippen LogP contribution in [-0.2, 0) is 16.6 Å². The van der Waals surface area contributed by atoms with Gasteiger partial charge < -0.3 is 4.90 Å². The van der Waals surface area contributed by atoms with Crippen molar-refractivity contribution in [2.45, 2.75) is 18.4 Å². The van der Waals surface area contributed by atoms with Gasteiger partial charge in [0.1, 0.15) is 0 Å². The summed E-state index contributed by atoms with van der Waals surface area (Å²) in [6, 6.07) is 6.95. The molecule has 4 nitrogen and oxygen atoms in total. The first-order valence-corrected chi connectivity index (χ1v) is 6.67. The summed E-state index contributed by atoms with van der Waals surface area (Å²) in [5.41, 5.74) is 1.10. The van der Waals surface area contributed by atoms with Crippen LogP contribution in [0, 0.1) is 0 Å². The second-order valence-electron chi connectivity index (χ2n) is 3.88. The van der Waals surface area contributed by atoms with Crippen LogP contribution in [0.3, 0.4) is 0 Å². The van der Waals surface area contributed by atoms with Gasteiger partial charge in [0.05, 0.1) is 4.90 Å². The molecule has 0 aromatic heterocycles. The molecule has 0 saturated carbocycles. The highest BCUT2D eigenvalue weighted by molar-refractivity contribution is 7.89. The van der Waals surface area contributed by atoms with E-state index in [1.807, 2.05) is 31.1 Å². The molecule has 90 valence electrons. The lowest BCUT2D eigenvalue weighted by Crippen LogP contribution is -2.23. The molecule has 0 aliphatic rings. The summed E-state index contributed by atoms with van der Waals surface area (Å²) >= 11 is 0. The second kappa shape index (κ2) is 5.43. The van der Waals surface area contributed by atoms with E-state index in [-0.39, 0.29) is 0 Å². The number of sulfonamides is 1. The number of rotatable bonds is 5. The summed E-state index contributed by atoms with van der Waals surface area (Å²) in [4.78, 5) is 2.35. The average Bonchev–Trinajstić information content (AvgIpc) is 2.17. The third kappa shape index (κ3) is 3.59. The minimum atomic E-state index is -3.32. The quantitative estimate of drug-likeness (QED) is 0.839. The molecule has 16 heavy (non-hydrogen) atoms. The maximum atomic E-state index is 11.6. The monoisotopic (exact) mass is 242 g/mol. The molecule has 1 aromatic rings. The van der Waals surface area contributed by atoms with Crippen LogP contribution in [0.2, 0.25) is 0 Å². The largest absolute Gasteiger partial charge is 0.305 e. The van der Waals surface area contributed by atoms with Gasteiger partial charge in [-0.25, -0.2) is 13.1 Å². The fraction of sp³-hybridized carbons (Fsp3) is 0.455. The Bertz CT molecular complexity index is 424. The standard InChI is InChI=1S/C11H18N2O2S/c1-4-12-16(14,15)11-7-5-10(6-8-11)9-13(2)3/h5-8,12H,4,9H2,1-3H3. The number of benzene rings is 1. The molecule has 0 saturated heterocycles. The average molecular weight is 242 g/mol. The number of nitrogens with one attached hydrogen (secondary N) is 1. The van der Waals surface area contributed by atoms with E-state index in [4.69, 9.17) is 0 Å². The van der Waals surface area contributed by atoms with Crippen LogP contribution >= 0.6 is 0 Å². The molecule has 0 atom stereocenters. The van der Waals surface area contributed by atoms with Gasteiger partial charge in [-0.3, -0.25) is 0 Å². The molecule has 1 rings (SSSR count). The minimum absolute atomic E-state index is 0.317. The van der Waals surface area contributed by atoms with Crippen LogP contribution in [0.4, 0.5) is 0 Å². The molecule has 5 heteroatoms. The highest BCUT2D eigenvalue weighted by atomic mass is 32.2. The SMILES string of the molecule is CCNS(=O)(=O)c1ccc(CN(C)C)cc1. The lowest BCUT2D eigenvalue weighted by molar-refractivity contribution is 0.402. The fourth-order valence-electron chi connectivity index (χ4n) is 1.41. The third-order valence-corrected chi connectivity index (χ3v) is 3.63. The van der Waals surface area contributed by atoms with Crippen molar-refractivity contribution in [3.8, 4) is 0 Å². The maximum Gasteiger partial charge on any atom is 0.240 e. The summed E-state index contributed by atoms with van der Waals surface area (Å²) in [5, 5.41) is 0. The van der Waals surface area contributed by atoms with E-state index in [1.165, 1.54) is 0 Å². The van der Waals surface area contributed by atoms with Gasteiger partial charge in [-0.05, 0) is 31.8 Å². The van der Waals surface area contributed by atoms with Crippen LogP contribution < -0.4 is 4.72 Å². The van der Waals surface area contributed by atoms with E-state index in [2.05, 4.69) is 4.72 Å². The first-order chi connectivity index (χ1) is 7.45. The van der Waals surface area contributed by atoms with Crippen LogP contribution in [0.5, 0.6) is 0 Å². The van der Waals surface area contributed by atoms with Crippen molar-refractivity contribution in [1.29, 1.82) is 0 Å². The summed E-state index contributed by atoms with van der Waals surface area (Å²) in [6.45, 7) is 2.97. The Morgan fingerprint density at radius 1 is 1.19 bits per heavy atom. The molecule has 0 aliphatic carbocycles. The molecule has 1 N–H and O–H groups in total. The summed E-state index contributed by atoms with van der Waals surface area (Å²) < 4.78 is 25.7. The van der Waals surface area contributed by atoms with E-state index in [0.717, 1.165) is 12.1 Å². The lowest BCUT2D eigenvalue weighted by atomic mass is 10.2. The lowest BCUT2D eigenvalue weighted by Gasteiger charge is -2.10. The Hall–Kier alpha value is -0.910. The van der Waals surface area contributed by atoms with Crippen LogP contribution in [0.25, 0.3) is 0 Å². The van der Waals surface area contributed by atoms with Gasteiger partial charge in [-0.15, -0.1) is 0 Å². The first-order valence-electron chi connectivity index (χ1n) is 5.19. The Balaban J connectivity index is 2.87. The Kier molecular flexibility index (Phi) is 4.46. The highest BCUT2D eigenvalue weighted by Crippen LogP contribution is 2.11. The van der Waals surface area contributed by atoms with Crippen LogP contribution in [0.15, 0.2) is 29.2 Å². The second-order valence-corrected chi connectivity index (χ2v) is 5.65. The minimum Gasteiger partial charge on any atom is -0.305 e. The van der Waals surface area contributed by atoms with Crippen molar-refractivity contribution in [3.05, 3.63) is 29.8 Å². The van der Waals surface area contributed by atoms with E-state index in [1.54, 1.807) is 19.1 Å². The third-order valence-electron chi connectivity index (χ3n) is 2.07. The van der Waals surface area contributed by atoms with Crippen molar-refractivity contribution in [2.75, 3.05) is 20.6 Å². The fourth-order valence-corrected chi connectivity index (χ4v) is 2.45. The number of nitrogens with zero attached hydrogens (tertiary/aromatic N) is 1. The van der Waals surface area contributed by atoms with Gasteiger partial charge in [0, 0.05) is 13.1 Å². The molecular formula is C11H18N2O2S. The molecule has 0 spiro atoms. The molecule has 0 radical (unpaired) electrons. The zero-order valence-electron chi connectivity index (χ0n) is 9.90. The smallest absolute Gasteiger partial charge is 0.240 e. The van der Waals surface area contributed by atoms with Crippen molar-refractivity contribution in [1.82, 2.24) is 9.62 Å². The first kappa shape index (κ1) is 13.2. The maximum absolute atomic E-state index is 11.6. The molecule has 0 bridgehead atoms. The number of hydrogen-bond acceptors (Lipinski definition) is 3. The molecule has 0 fully saturated rings. The Labute approximate surface area is 97.3 Å².